The predicted molar refractivity (Wildman–Crippen MR) is 76.0 cm³/mol. The second-order valence-electron chi connectivity index (χ2n) is 4.99. The maximum atomic E-state index is 11.5. The highest BCUT2D eigenvalue weighted by atomic mass is 35.5. The highest BCUT2D eigenvalue weighted by Gasteiger charge is 2.32. The average Bonchev–Trinajstić information content (AvgIpc) is 2.93. The average molecular weight is 288 g/mol. The van der Waals surface area contributed by atoms with Crippen molar-refractivity contribution in [1.82, 2.24) is 9.88 Å². The van der Waals surface area contributed by atoms with E-state index in [1.807, 2.05) is 0 Å². The molecule has 2 heterocycles. The Balaban J connectivity index is 2.09. The lowest BCUT2D eigenvalue weighted by Crippen LogP contribution is -2.34. The van der Waals surface area contributed by atoms with Crippen LogP contribution in [0.2, 0.25) is 0 Å². The Bertz CT molecular complexity index is 435. The van der Waals surface area contributed by atoms with Crippen LogP contribution in [-0.2, 0) is 0 Å². The molecule has 4 nitrogen and oxygen atoms in total. The van der Waals surface area contributed by atoms with E-state index in [-0.39, 0.29) is 11.7 Å². The van der Waals surface area contributed by atoms with Crippen molar-refractivity contribution in [3.8, 4) is 0 Å². The van der Waals surface area contributed by atoms with E-state index < -0.39 is 0 Å². The topological polar surface area (TPSA) is 36.4 Å². The maximum absolute atomic E-state index is 11.5. The number of aromatic nitrogens is 1. The minimum Gasteiger partial charge on any atom is -0.346 e. The maximum Gasteiger partial charge on any atom is 0.196 e. The van der Waals surface area contributed by atoms with Crippen LogP contribution >= 0.6 is 22.9 Å². The van der Waals surface area contributed by atoms with Gasteiger partial charge in [0.25, 0.3) is 0 Å². The number of thiazole rings is 1. The molecule has 1 aromatic rings. The number of carbonyl (C=O) groups is 1. The molecule has 2 unspecified atom stereocenters. The molecular weight excluding hydrogens is 270 g/mol. The number of carbonyl (C=O) groups excluding carboxylic acids is 1. The van der Waals surface area contributed by atoms with Gasteiger partial charge in [-0.3, -0.25) is 4.79 Å². The second-order valence-corrected chi connectivity index (χ2v) is 6.09. The fourth-order valence-corrected chi connectivity index (χ4v) is 3.37. The van der Waals surface area contributed by atoms with E-state index in [0.29, 0.717) is 17.7 Å². The summed E-state index contributed by atoms with van der Waals surface area (Å²) in [5.41, 5.74) is 0.492. The second kappa shape index (κ2) is 5.55. The standard InChI is InChI=1S/C12H18ClN3OS/c1-8-5-16(6-10(8)15(2)3)12-14-9(7-18-12)11(17)4-13/h7-8,10H,4-6H2,1-3H3. The van der Waals surface area contributed by atoms with Crippen LogP contribution in [0, 0.1) is 5.92 Å². The largest absolute Gasteiger partial charge is 0.346 e. The van der Waals surface area contributed by atoms with Crippen LogP contribution in [0.15, 0.2) is 5.38 Å². The van der Waals surface area contributed by atoms with E-state index in [1.165, 1.54) is 11.3 Å². The molecule has 18 heavy (non-hydrogen) atoms. The number of ketones is 1. The summed E-state index contributed by atoms with van der Waals surface area (Å²) in [7, 11) is 4.21. The smallest absolute Gasteiger partial charge is 0.196 e. The van der Waals surface area contributed by atoms with E-state index in [4.69, 9.17) is 11.6 Å². The molecule has 1 saturated heterocycles. The number of likely N-dealkylation sites (N-methyl/N-ethyl adjacent to an activating group) is 1. The Hall–Kier alpha value is -0.650. The van der Waals surface area contributed by atoms with Crippen molar-refractivity contribution in [2.24, 2.45) is 5.92 Å². The van der Waals surface area contributed by atoms with Gasteiger partial charge in [-0.25, -0.2) is 4.98 Å². The van der Waals surface area contributed by atoms with Gasteiger partial charge in [0, 0.05) is 24.5 Å². The van der Waals surface area contributed by atoms with Crippen LogP contribution in [0.25, 0.3) is 0 Å². The zero-order chi connectivity index (χ0) is 13.3. The van der Waals surface area contributed by atoms with Crippen molar-refractivity contribution in [3.63, 3.8) is 0 Å². The summed E-state index contributed by atoms with van der Waals surface area (Å²) in [6.07, 6.45) is 0. The van der Waals surface area contributed by atoms with Crippen LogP contribution < -0.4 is 4.90 Å². The van der Waals surface area contributed by atoms with Gasteiger partial charge < -0.3 is 9.80 Å². The summed E-state index contributed by atoms with van der Waals surface area (Å²) in [5.74, 6) is 0.506. The molecule has 1 aliphatic rings. The third-order valence-corrected chi connectivity index (χ3v) is 4.55. The summed E-state index contributed by atoms with van der Waals surface area (Å²) < 4.78 is 0. The third kappa shape index (κ3) is 2.68. The van der Waals surface area contributed by atoms with E-state index in [9.17, 15) is 4.79 Å². The van der Waals surface area contributed by atoms with Crippen molar-refractivity contribution in [3.05, 3.63) is 11.1 Å². The minimum absolute atomic E-state index is 0.000100. The van der Waals surface area contributed by atoms with Gasteiger partial charge in [-0.2, -0.15) is 0 Å². The van der Waals surface area contributed by atoms with Crippen LogP contribution in [-0.4, -0.2) is 54.8 Å². The first-order valence-corrected chi connectivity index (χ1v) is 7.40. The molecule has 0 aliphatic carbocycles. The van der Waals surface area contributed by atoms with Gasteiger partial charge in [-0.05, 0) is 20.0 Å². The van der Waals surface area contributed by atoms with Gasteiger partial charge in [0.05, 0.1) is 5.88 Å². The number of halogens is 1. The molecular formula is C12H18ClN3OS. The normalized spacial score (nSPS) is 23.9. The monoisotopic (exact) mass is 287 g/mol. The molecule has 1 aliphatic heterocycles. The minimum atomic E-state index is -0.101. The fourth-order valence-electron chi connectivity index (χ4n) is 2.38. The third-order valence-electron chi connectivity index (χ3n) is 3.41. The summed E-state index contributed by atoms with van der Waals surface area (Å²) in [5, 5.41) is 2.73. The van der Waals surface area contributed by atoms with Crippen molar-refractivity contribution in [2.45, 2.75) is 13.0 Å². The Morgan fingerprint density at radius 2 is 2.33 bits per heavy atom. The van der Waals surface area contributed by atoms with Crippen molar-refractivity contribution in [1.29, 1.82) is 0 Å². The summed E-state index contributed by atoms with van der Waals surface area (Å²) >= 11 is 7.06. The molecule has 0 spiro atoms. The number of hydrogen-bond donors (Lipinski definition) is 0. The zero-order valence-corrected chi connectivity index (χ0v) is 12.5. The number of anilines is 1. The van der Waals surface area contributed by atoms with E-state index in [1.54, 1.807) is 5.38 Å². The van der Waals surface area contributed by atoms with Crippen molar-refractivity contribution >= 4 is 33.9 Å². The molecule has 100 valence electrons. The summed E-state index contributed by atoms with van der Waals surface area (Å²) in [4.78, 5) is 20.4. The molecule has 6 heteroatoms. The number of alkyl halides is 1. The first kappa shape index (κ1) is 13.8. The molecule has 2 atom stereocenters. The molecule has 1 fully saturated rings. The number of Topliss-reactive ketones (excluding diaryl/α,β-unsaturated/α-hetero) is 1. The molecule has 0 aromatic carbocycles. The van der Waals surface area contributed by atoms with Crippen LogP contribution in [0.5, 0.6) is 0 Å². The summed E-state index contributed by atoms with van der Waals surface area (Å²) in [6, 6.07) is 0.543. The Labute approximate surface area is 117 Å². The molecule has 0 bridgehead atoms. The predicted octanol–water partition coefficient (Wildman–Crippen LogP) is 1.95. The quantitative estimate of drug-likeness (QED) is 0.626. The van der Waals surface area contributed by atoms with Crippen LogP contribution in [0.3, 0.4) is 0 Å². The Morgan fingerprint density at radius 1 is 1.61 bits per heavy atom. The van der Waals surface area contributed by atoms with Crippen molar-refractivity contribution in [2.75, 3.05) is 38.0 Å². The lowest BCUT2D eigenvalue weighted by Gasteiger charge is -2.22. The zero-order valence-electron chi connectivity index (χ0n) is 10.9. The van der Waals surface area contributed by atoms with Gasteiger partial charge in [0.15, 0.2) is 10.9 Å². The molecule has 1 aromatic heterocycles. The van der Waals surface area contributed by atoms with Gasteiger partial charge in [0.2, 0.25) is 0 Å². The number of rotatable bonds is 4. The number of nitrogens with zero attached hydrogens (tertiary/aromatic N) is 3. The highest BCUT2D eigenvalue weighted by molar-refractivity contribution is 7.14. The van der Waals surface area contributed by atoms with Crippen LogP contribution in [0.4, 0.5) is 5.13 Å². The first-order chi connectivity index (χ1) is 8.52. The molecule has 0 N–H and O–H groups in total. The Morgan fingerprint density at radius 3 is 2.89 bits per heavy atom. The summed E-state index contributed by atoms with van der Waals surface area (Å²) in [6.45, 7) is 4.21. The van der Waals surface area contributed by atoms with Gasteiger partial charge >= 0.3 is 0 Å². The number of hydrogen-bond acceptors (Lipinski definition) is 5. The van der Waals surface area contributed by atoms with Gasteiger partial charge in [-0.1, -0.05) is 6.92 Å². The van der Waals surface area contributed by atoms with Gasteiger partial charge in [0.1, 0.15) is 5.69 Å². The molecule has 0 amide bonds. The van der Waals surface area contributed by atoms with Crippen LogP contribution in [0.1, 0.15) is 17.4 Å². The van der Waals surface area contributed by atoms with E-state index >= 15 is 0 Å². The van der Waals surface area contributed by atoms with Crippen molar-refractivity contribution < 1.29 is 4.79 Å². The lowest BCUT2D eigenvalue weighted by molar-refractivity contribution is 0.101. The molecule has 0 radical (unpaired) electrons. The highest BCUT2D eigenvalue weighted by Crippen LogP contribution is 2.28. The lowest BCUT2D eigenvalue weighted by atomic mass is 10.1. The van der Waals surface area contributed by atoms with Gasteiger partial charge in [-0.15, -0.1) is 22.9 Å². The first-order valence-electron chi connectivity index (χ1n) is 5.99. The van der Waals surface area contributed by atoms with E-state index in [2.05, 4.69) is 35.8 Å². The van der Waals surface area contributed by atoms with E-state index in [0.717, 1.165) is 18.2 Å². The fraction of sp³-hybridized carbons (Fsp3) is 0.667. The molecule has 0 saturated carbocycles. The SMILES string of the molecule is CC1CN(c2nc(C(=O)CCl)cs2)CC1N(C)C. The molecule has 2 rings (SSSR count). The Kier molecular flexibility index (Phi) is 4.25.